The number of rotatable bonds is 3. The molecule has 0 unspecified atom stereocenters. The molecule has 1 aliphatic rings. The highest BCUT2D eigenvalue weighted by molar-refractivity contribution is 5.84. The van der Waals surface area contributed by atoms with Crippen molar-refractivity contribution in [3.05, 3.63) is 59.8 Å². The van der Waals surface area contributed by atoms with Crippen LogP contribution in [0.2, 0.25) is 0 Å². The summed E-state index contributed by atoms with van der Waals surface area (Å²) in [4.78, 5) is 31.3. The number of pyridine rings is 1. The highest BCUT2D eigenvalue weighted by Crippen LogP contribution is 2.10. The topological polar surface area (TPSA) is 74.3 Å². The fraction of sp³-hybridized carbons (Fsp3) is 0.409. The van der Waals surface area contributed by atoms with Crippen molar-refractivity contribution in [1.29, 1.82) is 0 Å². The van der Waals surface area contributed by atoms with Crippen LogP contribution in [0.3, 0.4) is 0 Å². The Morgan fingerprint density at radius 1 is 1.00 bits per heavy atom. The summed E-state index contributed by atoms with van der Waals surface area (Å²) >= 11 is 0. The second-order valence-corrected chi connectivity index (χ2v) is 7.05. The van der Waals surface area contributed by atoms with Crippen LogP contribution in [0, 0.1) is 0 Å². The van der Waals surface area contributed by atoms with Crippen LogP contribution < -0.4 is 10.6 Å². The molecule has 0 radical (unpaired) electrons. The van der Waals surface area contributed by atoms with E-state index in [0.717, 1.165) is 42.9 Å². The number of carbonyl (C=O) groups is 2. The quantitative estimate of drug-likeness (QED) is 0.858. The van der Waals surface area contributed by atoms with Crippen molar-refractivity contribution in [1.82, 2.24) is 15.2 Å². The van der Waals surface area contributed by atoms with E-state index in [1.165, 1.54) is 0 Å². The number of amides is 2. The third-order valence-corrected chi connectivity index (χ3v) is 4.81. The number of fused-ring (bicyclic) bond motifs is 2. The maximum atomic E-state index is 12.8. The lowest BCUT2D eigenvalue weighted by Crippen LogP contribution is -2.42. The Hall–Kier alpha value is -2.89. The minimum absolute atomic E-state index is 0.0227. The fourth-order valence-corrected chi connectivity index (χ4v) is 3.28. The van der Waals surface area contributed by atoms with Crippen molar-refractivity contribution in [3.63, 3.8) is 0 Å². The molecular formula is C22H28N4O2. The van der Waals surface area contributed by atoms with Crippen molar-refractivity contribution in [2.75, 3.05) is 31.5 Å². The number of carbonyl (C=O) groups excluding carboxylic acids is 2. The lowest BCUT2D eigenvalue weighted by molar-refractivity contribution is -0.136. The molecule has 1 aromatic heterocycles. The van der Waals surface area contributed by atoms with Gasteiger partial charge in [0.15, 0.2) is 0 Å². The zero-order chi connectivity index (χ0) is 19.6. The Morgan fingerprint density at radius 2 is 1.82 bits per heavy atom. The Kier molecular flexibility index (Phi) is 7.41. The normalized spacial score (nSPS) is 15.9. The molecular weight excluding hydrogens is 352 g/mol. The molecule has 1 aliphatic heterocycles. The maximum Gasteiger partial charge on any atom is 0.239 e. The number of aromatic nitrogens is 1. The molecule has 0 atom stereocenters. The molecule has 0 saturated carbocycles. The van der Waals surface area contributed by atoms with Gasteiger partial charge in [0.1, 0.15) is 5.82 Å². The van der Waals surface area contributed by atoms with Gasteiger partial charge in [-0.1, -0.05) is 36.4 Å². The Labute approximate surface area is 166 Å². The molecule has 2 heterocycles. The smallest absolute Gasteiger partial charge is 0.239 e. The molecule has 148 valence electrons. The summed E-state index contributed by atoms with van der Waals surface area (Å²) < 4.78 is 0. The molecule has 2 bridgehead atoms. The van der Waals surface area contributed by atoms with E-state index in [1.54, 1.807) is 4.90 Å². The van der Waals surface area contributed by atoms with Crippen LogP contribution in [0.5, 0.6) is 0 Å². The molecule has 0 saturated heterocycles. The zero-order valence-electron chi connectivity index (χ0n) is 16.2. The highest BCUT2D eigenvalue weighted by Gasteiger charge is 2.17. The highest BCUT2D eigenvalue weighted by atomic mass is 16.2. The molecule has 3 rings (SSSR count). The van der Waals surface area contributed by atoms with E-state index in [4.69, 9.17) is 0 Å². The van der Waals surface area contributed by atoms with Crippen molar-refractivity contribution >= 4 is 17.6 Å². The number of nitrogens with zero attached hydrogens (tertiary/aromatic N) is 2. The molecule has 0 spiro atoms. The third kappa shape index (κ3) is 6.37. The lowest BCUT2D eigenvalue weighted by Gasteiger charge is -2.23. The summed E-state index contributed by atoms with van der Waals surface area (Å²) in [6.07, 6.45) is 3.46. The van der Waals surface area contributed by atoms with E-state index >= 15 is 0 Å². The third-order valence-electron chi connectivity index (χ3n) is 4.81. The van der Waals surface area contributed by atoms with Crippen LogP contribution in [-0.4, -0.2) is 47.9 Å². The summed E-state index contributed by atoms with van der Waals surface area (Å²) in [5, 5.41) is 6.19. The van der Waals surface area contributed by atoms with E-state index in [-0.39, 0.29) is 18.4 Å². The summed E-state index contributed by atoms with van der Waals surface area (Å²) in [6.45, 7) is 2.00. The zero-order valence-corrected chi connectivity index (χ0v) is 16.2. The minimum atomic E-state index is -0.0956. The van der Waals surface area contributed by atoms with Gasteiger partial charge in [-0.15, -0.1) is 0 Å². The minimum Gasteiger partial charge on any atom is -0.370 e. The second-order valence-electron chi connectivity index (χ2n) is 7.05. The van der Waals surface area contributed by atoms with Crippen LogP contribution >= 0.6 is 0 Å². The van der Waals surface area contributed by atoms with Crippen molar-refractivity contribution in [2.45, 2.75) is 32.1 Å². The van der Waals surface area contributed by atoms with Gasteiger partial charge in [-0.05, 0) is 43.4 Å². The van der Waals surface area contributed by atoms with Crippen molar-refractivity contribution < 1.29 is 9.59 Å². The number of hydrogen-bond acceptors (Lipinski definition) is 4. The van der Waals surface area contributed by atoms with Gasteiger partial charge in [0, 0.05) is 31.7 Å². The van der Waals surface area contributed by atoms with E-state index < -0.39 is 0 Å². The molecule has 0 aliphatic carbocycles. The molecule has 6 nitrogen and oxygen atoms in total. The molecule has 2 amide bonds. The van der Waals surface area contributed by atoms with Crippen molar-refractivity contribution in [2.24, 2.45) is 0 Å². The predicted molar refractivity (Wildman–Crippen MR) is 110 cm³/mol. The molecule has 1 aromatic carbocycles. The monoisotopic (exact) mass is 380 g/mol. The predicted octanol–water partition coefficient (Wildman–Crippen LogP) is 2.41. The van der Waals surface area contributed by atoms with Crippen LogP contribution in [-0.2, 0) is 22.4 Å². The molecule has 2 N–H and O–H groups in total. The summed E-state index contributed by atoms with van der Waals surface area (Å²) in [5.74, 6) is 0.785. The van der Waals surface area contributed by atoms with Crippen LogP contribution in [0.4, 0.5) is 5.82 Å². The second kappa shape index (κ2) is 10.4. The molecule has 0 fully saturated rings. The summed E-state index contributed by atoms with van der Waals surface area (Å²) in [5.41, 5.74) is 2.14. The van der Waals surface area contributed by atoms with Crippen LogP contribution in [0.25, 0.3) is 0 Å². The van der Waals surface area contributed by atoms with Gasteiger partial charge in [-0.25, -0.2) is 4.98 Å². The van der Waals surface area contributed by atoms with Crippen molar-refractivity contribution in [3.8, 4) is 0 Å². The van der Waals surface area contributed by atoms with Crippen LogP contribution in [0.15, 0.2) is 48.5 Å². The maximum absolute atomic E-state index is 12.8. The first-order valence-electron chi connectivity index (χ1n) is 9.99. The average molecular weight is 380 g/mol. The Balaban J connectivity index is 1.62. The summed E-state index contributed by atoms with van der Waals surface area (Å²) in [7, 11) is 0. The Morgan fingerprint density at radius 3 is 2.68 bits per heavy atom. The first kappa shape index (κ1) is 19.9. The van der Waals surface area contributed by atoms with E-state index in [0.29, 0.717) is 25.9 Å². The van der Waals surface area contributed by atoms with Gasteiger partial charge in [-0.3, -0.25) is 9.59 Å². The lowest BCUT2D eigenvalue weighted by atomic mass is 10.1. The van der Waals surface area contributed by atoms with Gasteiger partial charge < -0.3 is 15.5 Å². The van der Waals surface area contributed by atoms with E-state index in [2.05, 4.69) is 15.6 Å². The number of nitrogens with one attached hydrogen (secondary N) is 2. The van der Waals surface area contributed by atoms with Gasteiger partial charge in [0.2, 0.25) is 11.8 Å². The molecule has 2 aromatic rings. The standard InChI is InChI=1S/C22H28N4O2/c27-21-17-26(22(28)13-12-18-7-2-1-3-8-18)16-5-10-19-9-4-11-20(25-19)23-14-6-15-24-21/h1-4,7-9,11H,5-6,10,12-17H2,(H,23,25)(H,24,27). The van der Waals surface area contributed by atoms with Gasteiger partial charge in [0.05, 0.1) is 6.54 Å². The number of hydrogen-bond donors (Lipinski definition) is 2. The first-order valence-corrected chi connectivity index (χ1v) is 9.99. The van der Waals surface area contributed by atoms with Crippen LogP contribution in [0.1, 0.15) is 30.5 Å². The first-order chi connectivity index (χ1) is 13.7. The average Bonchev–Trinajstić information content (AvgIpc) is 2.71. The SMILES string of the molecule is O=C1CN(C(=O)CCc2ccccc2)CCCc2cccc(n2)NCCCN1. The van der Waals surface area contributed by atoms with Gasteiger partial charge in [0.25, 0.3) is 0 Å². The Bertz CT molecular complexity index is 779. The van der Waals surface area contributed by atoms with E-state index in [9.17, 15) is 9.59 Å². The van der Waals surface area contributed by atoms with E-state index in [1.807, 2.05) is 48.5 Å². The largest absolute Gasteiger partial charge is 0.370 e. The van der Waals surface area contributed by atoms with Gasteiger partial charge in [-0.2, -0.15) is 0 Å². The van der Waals surface area contributed by atoms with Gasteiger partial charge >= 0.3 is 0 Å². The number of anilines is 1. The molecule has 6 heteroatoms. The fourth-order valence-electron chi connectivity index (χ4n) is 3.28. The molecule has 28 heavy (non-hydrogen) atoms. The number of benzene rings is 1. The summed E-state index contributed by atoms with van der Waals surface area (Å²) in [6, 6.07) is 15.9. The number of aryl methyl sites for hydroxylation is 2.